The van der Waals surface area contributed by atoms with Crippen molar-refractivity contribution in [3.05, 3.63) is 35.4 Å². The zero-order valence-corrected chi connectivity index (χ0v) is 6.96. The van der Waals surface area contributed by atoms with Crippen molar-refractivity contribution in [1.29, 1.82) is 0 Å². The molecule has 3 rings (SSSR count). The topological polar surface area (TPSA) is 55.2 Å². The lowest BCUT2D eigenvalue weighted by Gasteiger charge is -2.55. The summed E-state index contributed by atoms with van der Waals surface area (Å²) >= 11 is 0. The van der Waals surface area contributed by atoms with E-state index in [1.807, 2.05) is 12.1 Å². The third-order valence-corrected chi connectivity index (χ3v) is 3.19. The number of hydrogen-bond acceptors (Lipinski definition) is 2. The van der Waals surface area contributed by atoms with Crippen LogP contribution in [0.15, 0.2) is 24.3 Å². The molecule has 0 spiro atoms. The third-order valence-electron chi connectivity index (χ3n) is 3.19. The van der Waals surface area contributed by atoms with E-state index in [9.17, 15) is 5.11 Å². The van der Waals surface area contributed by atoms with Crippen LogP contribution in [0.3, 0.4) is 0 Å². The Kier molecular flexibility index (Phi) is 1.35. The summed E-state index contributed by atoms with van der Waals surface area (Å²) in [6.07, 6.45) is 2.14. The molecule has 1 aromatic carbocycles. The molecular formula is C10H13NO. The van der Waals surface area contributed by atoms with Crippen LogP contribution in [0.2, 0.25) is 0 Å². The van der Waals surface area contributed by atoms with Gasteiger partial charge in [0.05, 0.1) is 5.60 Å². The summed E-state index contributed by atoms with van der Waals surface area (Å²) in [5.41, 5.74) is 2.15. The van der Waals surface area contributed by atoms with Crippen LogP contribution in [0.1, 0.15) is 29.9 Å². The van der Waals surface area contributed by atoms with E-state index in [1.54, 1.807) is 0 Å². The fraction of sp³-hybridized carbons (Fsp3) is 0.400. The van der Waals surface area contributed by atoms with Gasteiger partial charge in [-0.25, -0.2) is 0 Å². The molecule has 2 heteroatoms. The van der Waals surface area contributed by atoms with Crippen molar-refractivity contribution in [2.24, 2.45) is 0 Å². The van der Waals surface area contributed by atoms with Crippen molar-refractivity contribution in [2.75, 3.05) is 0 Å². The maximum Gasteiger partial charge on any atom is 0.0967 e. The predicted molar refractivity (Wildman–Crippen MR) is 47.3 cm³/mol. The normalized spacial score (nSPS) is 34.9. The minimum absolute atomic E-state index is 0. The molecule has 0 saturated heterocycles. The third kappa shape index (κ3) is 0.586. The van der Waals surface area contributed by atoms with Crippen molar-refractivity contribution in [2.45, 2.75) is 24.4 Å². The number of rotatable bonds is 0. The van der Waals surface area contributed by atoms with E-state index in [0.717, 1.165) is 6.42 Å². The lowest BCUT2D eigenvalue weighted by Crippen LogP contribution is -2.51. The molecule has 4 N–H and O–H groups in total. The second-order valence-corrected chi connectivity index (χ2v) is 3.60. The monoisotopic (exact) mass is 163 g/mol. The highest BCUT2D eigenvalue weighted by molar-refractivity contribution is 5.50. The fourth-order valence-electron chi connectivity index (χ4n) is 2.41. The van der Waals surface area contributed by atoms with Gasteiger partial charge >= 0.3 is 0 Å². The Morgan fingerprint density at radius 1 is 1.33 bits per heavy atom. The van der Waals surface area contributed by atoms with Crippen LogP contribution in [0.25, 0.3) is 0 Å². The highest BCUT2D eigenvalue weighted by atomic mass is 16.3. The van der Waals surface area contributed by atoms with E-state index in [4.69, 9.17) is 0 Å². The SMILES string of the molecule is N.OC12CCC1c1ccccc12. The van der Waals surface area contributed by atoms with Gasteiger partial charge in [-0.05, 0) is 24.0 Å². The summed E-state index contributed by atoms with van der Waals surface area (Å²) < 4.78 is 0. The number of fused-ring (bicyclic) bond motifs is 4. The number of benzene rings is 1. The number of aliphatic hydroxyl groups is 1. The van der Waals surface area contributed by atoms with E-state index < -0.39 is 5.60 Å². The van der Waals surface area contributed by atoms with Gasteiger partial charge in [0.25, 0.3) is 0 Å². The zero-order chi connectivity index (χ0) is 7.47. The maximum absolute atomic E-state index is 9.92. The van der Waals surface area contributed by atoms with Gasteiger partial charge in [0, 0.05) is 5.92 Å². The van der Waals surface area contributed by atoms with Gasteiger partial charge in [0.15, 0.2) is 0 Å². The van der Waals surface area contributed by atoms with Crippen molar-refractivity contribution in [1.82, 2.24) is 6.15 Å². The minimum atomic E-state index is -0.406. The zero-order valence-electron chi connectivity index (χ0n) is 6.96. The largest absolute Gasteiger partial charge is 0.385 e. The molecule has 2 unspecified atom stereocenters. The summed E-state index contributed by atoms with van der Waals surface area (Å²) in [4.78, 5) is 0. The van der Waals surface area contributed by atoms with E-state index in [2.05, 4.69) is 12.1 Å². The molecule has 2 atom stereocenters. The van der Waals surface area contributed by atoms with Gasteiger partial charge in [-0.3, -0.25) is 0 Å². The molecule has 0 heterocycles. The summed E-state index contributed by atoms with van der Waals surface area (Å²) in [6, 6.07) is 8.24. The molecule has 2 aliphatic carbocycles. The maximum atomic E-state index is 9.92. The lowest BCUT2D eigenvalue weighted by molar-refractivity contribution is -0.0929. The molecule has 64 valence electrons. The first-order chi connectivity index (χ1) is 5.32. The minimum Gasteiger partial charge on any atom is -0.385 e. The quantitative estimate of drug-likeness (QED) is 0.614. The van der Waals surface area contributed by atoms with Gasteiger partial charge in [-0.15, -0.1) is 0 Å². The Bertz CT molecular complexity index is 323. The smallest absolute Gasteiger partial charge is 0.0967 e. The Morgan fingerprint density at radius 3 is 2.67 bits per heavy atom. The van der Waals surface area contributed by atoms with E-state index in [0.29, 0.717) is 5.92 Å². The van der Waals surface area contributed by atoms with Crippen LogP contribution >= 0.6 is 0 Å². The Labute approximate surface area is 71.8 Å². The van der Waals surface area contributed by atoms with Crippen LogP contribution in [-0.4, -0.2) is 5.11 Å². The summed E-state index contributed by atoms with van der Waals surface area (Å²) in [6.45, 7) is 0. The lowest BCUT2D eigenvalue weighted by atomic mass is 9.52. The molecule has 0 radical (unpaired) electrons. The van der Waals surface area contributed by atoms with Gasteiger partial charge in [-0.2, -0.15) is 0 Å². The summed E-state index contributed by atoms with van der Waals surface area (Å²) in [5, 5.41) is 9.92. The van der Waals surface area contributed by atoms with Crippen LogP contribution in [-0.2, 0) is 5.60 Å². The van der Waals surface area contributed by atoms with E-state index >= 15 is 0 Å². The molecule has 2 nitrogen and oxygen atoms in total. The van der Waals surface area contributed by atoms with Crippen molar-refractivity contribution >= 4 is 0 Å². The van der Waals surface area contributed by atoms with Crippen molar-refractivity contribution in [3.63, 3.8) is 0 Å². The van der Waals surface area contributed by atoms with E-state index in [-0.39, 0.29) is 6.15 Å². The molecule has 1 aromatic rings. The van der Waals surface area contributed by atoms with Gasteiger partial charge in [0.1, 0.15) is 0 Å². The second-order valence-electron chi connectivity index (χ2n) is 3.60. The van der Waals surface area contributed by atoms with Crippen LogP contribution in [0, 0.1) is 0 Å². The molecule has 12 heavy (non-hydrogen) atoms. The molecule has 1 fully saturated rings. The fourth-order valence-corrected chi connectivity index (χ4v) is 2.41. The van der Waals surface area contributed by atoms with Crippen LogP contribution in [0.4, 0.5) is 0 Å². The first-order valence-electron chi connectivity index (χ1n) is 4.14. The van der Waals surface area contributed by atoms with E-state index in [1.165, 1.54) is 17.5 Å². The first-order valence-corrected chi connectivity index (χ1v) is 4.14. The van der Waals surface area contributed by atoms with Crippen molar-refractivity contribution in [3.8, 4) is 0 Å². The van der Waals surface area contributed by atoms with Crippen molar-refractivity contribution < 1.29 is 5.11 Å². The highest BCUT2D eigenvalue weighted by Gasteiger charge is 2.56. The molecule has 0 bridgehead atoms. The predicted octanol–water partition coefficient (Wildman–Crippen LogP) is 1.93. The molecule has 0 aromatic heterocycles. The summed E-state index contributed by atoms with van der Waals surface area (Å²) in [7, 11) is 0. The molecular weight excluding hydrogens is 150 g/mol. The van der Waals surface area contributed by atoms with Crippen LogP contribution in [0.5, 0.6) is 0 Å². The summed E-state index contributed by atoms with van der Waals surface area (Å²) in [5.74, 6) is 0.471. The van der Waals surface area contributed by atoms with Crippen LogP contribution < -0.4 is 6.15 Å². The second kappa shape index (κ2) is 2.09. The molecule has 0 amide bonds. The van der Waals surface area contributed by atoms with Gasteiger partial charge in [0.2, 0.25) is 0 Å². The molecule has 1 saturated carbocycles. The molecule has 2 aliphatic rings. The first kappa shape index (κ1) is 7.77. The number of hydrogen-bond donors (Lipinski definition) is 2. The van der Waals surface area contributed by atoms with Gasteiger partial charge < -0.3 is 11.3 Å². The average Bonchev–Trinajstić information content (AvgIpc) is 2.03. The standard InChI is InChI=1S/C10H10O.H3N/c11-10-6-5-9(10)7-3-1-2-4-8(7)10;/h1-4,9,11H,5-6H2;1H3. The average molecular weight is 163 g/mol. The Balaban J connectivity index is 0.000000563. The van der Waals surface area contributed by atoms with Gasteiger partial charge in [-0.1, -0.05) is 24.3 Å². The molecule has 0 aliphatic heterocycles. The highest BCUT2D eigenvalue weighted by Crippen LogP contribution is 2.62. The Hall–Kier alpha value is -0.860. The Morgan fingerprint density at radius 2 is 2.08 bits per heavy atom.